The molecule has 7 heterocycles. The van der Waals surface area contributed by atoms with E-state index < -0.39 is 71.5 Å². The highest BCUT2D eigenvalue weighted by atomic mass is 32.1. The van der Waals surface area contributed by atoms with Crippen LogP contribution >= 0.6 is 11.3 Å². The van der Waals surface area contributed by atoms with E-state index in [9.17, 15) is 28.7 Å². The molecular formula is C60H57F6N11O6S. The summed E-state index contributed by atoms with van der Waals surface area (Å²) in [5, 5.41) is 35.6. The lowest BCUT2D eigenvalue weighted by Gasteiger charge is -2.48. The number of halogens is 6. The number of nitrogens with two attached hydrogens (primary N) is 1. The zero-order valence-corrected chi connectivity index (χ0v) is 46.7. The normalized spacial score (nSPS) is 18.0. The number of benzene rings is 5. The summed E-state index contributed by atoms with van der Waals surface area (Å²) in [5.74, 6) is -3.57. The molecule has 0 spiro atoms. The number of piperidine rings is 1. The van der Waals surface area contributed by atoms with Crippen molar-refractivity contribution in [2.75, 3.05) is 50.6 Å². The van der Waals surface area contributed by atoms with E-state index in [0.717, 1.165) is 42.0 Å². The minimum Gasteiger partial charge on any atom is -0.486 e. The topological polar surface area (TPSA) is 219 Å². The third-order valence-corrected chi connectivity index (χ3v) is 16.7. The van der Waals surface area contributed by atoms with Crippen molar-refractivity contribution < 1.29 is 55.2 Å². The molecule has 0 radical (unpaired) electrons. The molecule has 8 aromatic rings. The Hall–Kier alpha value is -8.37. The van der Waals surface area contributed by atoms with Crippen LogP contribution < -0.4 is 30.7 Å². The molecule has 5 aromatic carbocycles. The van der Waals surface area contributed by atoms with Crippen LogP contribution in [0, 0.1) is 34.7 Å². The van der Waals surface area contributed by atoms with E-state index in [4.69, 9.17) is 29.9 Å². The average molecular weight is 1170 g/mol. The average Bonchev–Trinajstić information content (AvgIpc) is 3.95. The molecule has 12 rings (SSSR count). The molecule has 4 saturated heterocycles. The highest BCUT2D eigenvalue weighted by Crippen LogP contribution is 2.52. The number of thiophene rings is 1. The van der Waals surface area contributed by atoms with Crippen molar-refractivity contribution in [1.82, 2.24) is 40.5 Å². The smallest absolute Gasteiger partial charge is 0.417 e. The van der Waals surface area contributed by atoms with Crippen LogP contribution in [0.25, 0.3) is 54.5 Å². The molecule has 3 aromatic heterocycles. The zero-order valence-electron chi connectivity index (χ0n) is 45.9. The van der Waals surface area contributed by atoms with Crippen molar-refractivity contribution in [2.24, 2.45) is 5.92 Å². The van der Waals surface area contributed by atoms with E-state index in [1.807, 2.05) is 24.8 Å². The third kappa shape index (κ3) is 11.0. The summed E-state index contributed by atoms with van der Waals surface area (Å²) >= 11 is 0.747. The molecule has 4 aliphatic rings. The predicted molar refractivity (Wildman–Crippen MR) is 302 cm³/mol. The number of carbonyl (C=O) groups excluding carboxylic acids is 2. The van der Waals surface area contributed by atoms with Crippen molar-refractivity contribution >= 4 is 55.0 Å². The first kappa shape index (κ1) is 57.4. The van der Waals surface area contributed by atoms with Crippen LogP contribution in [-0.2, 0) is 27.1 Å². The maximum atomic E-state index is 15.9. The minimum atomic E-state index is -5.04. The Morgan fingerprint density at radius 3 is 2.30 bits per heavy atom. The van der Waals surface area contributed by atoms with Crippen LogP contribution in [0.4, 0.5) is 37.2 Å². The molecule has 436 valence electrons. The van der Waals surface area contributed by atoms with E-state index in [1.165, 1.54) is 41.0 Å². The summed E-state index contributed by atoms with van der Waals surface area (Å²) < 4.78 is 112. The largest absolute Gasteiger partial charge is 0.486 e. The van der Waals surface area contributed by atoms with E-state index in [0.29, 0.717) is 48.3 Å². The van der Waals surface area contributed by atoms with Gasteiger partial charge in [0.1, 0.15) is 70.8 Å². The van der Waals surface area contributed by atoms with Crippen molar-refractivity contribution in [3.63, 3.8) is 0 Å². The molecular weight excluding hydrogens is 1120 g/mol. The Kier molecular flexibility index (Phi) is 16.0. The highest BCUT2D eigenvalue weighted by Gasteiger charge is 2.43. The molecule has 5 unspecified atom stereocenters. The maximum absolute atomic E-state index is 15.9. The fourth-order valence-electron chi connectivity index (χ4n) is 11.4. The summed E-state index contributed by atoms with van der Waals surface area (Å²) in [6.07, 6.45) is -2.06. The summed E-state index contributed by atoms with van der Waals surface area (Å²) in [6.45, 7) is 5.81. The molecule has 0 saturated carbocycles. The second kappa shape index (κ2) is 23.4. The first-order chi connectivity index (χ1) is 40.3. The third-order valence-electron chi connectivity index (χ3n) is 15.7. The fraction of sp³-hybridized carbons (Fsp3) is 0.350. The Morgan fingerprint density at radius 2 is 1.64 bits per heavy atom. The standard InChI is InChI=1S/C60H57F6N11O6S/c1-30(2)52(58(80)76-20-6-9-47(76)57(79)70-46(27-78)34-14-16-35(17-15-34)48-42(61)7-5-8-43(48)62)77-26-45(73-74-77)33-12-10-32(11-13-33)29-82-53-50(38-18-19-44(63)54-49(38)40(23-67)55(68)84-54)41(60(64,65)66)22-39-51(53)71-59(83-28-31(3)81-4)72-56(39)75-24-36-21-37(25-75)69-36/h5,7-8,10-19,22,26,30-31,36-37,46-47,52,69,78H,6,9,20-21,24-25,27-29,68H2,1-4H3,(H,70,79)/t31-,36?,37?,46?,47?,52?/m0/s1. The number of methoxy groups -OCH3 is 1. The number of hydrogen-bond donors (Lipinski definition) is 4. The molecule has 6 atom stereocenters. The van der Waals surface area contributed by atoms with Crippen LogP contribution in [-0.4, -0.2) is 111 Å². The number of aliphatic hydroxyl groups is 1. The van der Waals surface area contributed by atoms with Gasteiger partial charge in [-0.3, -0.25) is 9.59 Å². The SMILES string of the molecule is CO[C@@H](C)COc1nc(N2CC3CC(C2)N3)c2cc(C(F)(F)F)c(-c3ccc(F)c4sc(N)c(C#N)c34)c(OCc3ccc(-c4cn(C(C(=O)N5CCCC5C(=O)NC(CO)c5ccc(-c6c(F)cccc6F)cc5)C(C)C)nn4)cc3)c2n1. The first-order valence-electron chi connectivity index (χ1n) is 27.3. The molecule has 24 heteroatoms. The quantitative estimate of drug-likeness (QED) is 0.0588. The summed E-state index contributed by atoms with van der Waals surface area (Å²) in [7, 11) is 1.50. The number of nitrogens with zero attached hydrogens (tertiary/aromatic N) is 8. The molecule has 4 aliphatic heterocycles. The monoisotopic (exact) mass is 1170 g/mol. The second-order valence-electron chi connectivity index (χ2n) is 21.6. The van der Waals surface area contributed by atoms with Crippen LogP contribution in [0.1, 0.15) is 74.4 Å². The molecule has 17 nitrogen and oxygen atoms in total. The number of nitrogens with one attached hydrogen (secondary N) is 2. The minimum absolute atomic E-state index is 0.000941. The fourth-order valence-corrected chi connectivity index (χ4v) is 12.3. The summed E-state index contributed by atoms with van der Waals surface area (Å²) in [5.41, 5.74) is 6.21. The van der Waals surface area contributed by atoms with Crippen molar-refractivity contribution in [1.29, 1.82) is 5.26 Å². The lowest BCUT2D eigenvalue weighted by atomic mass is 9.90. The number of rotatable bonds is 18. The van der Waals surface area contributed by atoms with Crippen molar-refractivity contribution in [3.8, 4) is 51.3 Å². The van der Waals surface area contributed by atoms with Crippen molar-refractivity contribution in [2.45, 2.75) is 89.1 Å². The van der Waals surface area contributed by atoms with Gasteiger partial charge in [-0.15, -0.1) is 16.4 Å². The van der Waals surface area contributed by atoms with Gasteiger partial charge in [0.05, 0.1) is 46.3 Å². The van der Waals surface area contributed by atoms with Gasteiger partial charge in [-0.1, -0.05) is 79.7 Å². The van der Waals surface area contributed by atoms with Gasteiger partial charge in [0, 0.05) is 60.7 Å². The second-order valence-corrected chi connectivity index (χ2v) is 22.6. The van der Waals surface area contributed by atoms with Gasteiger partial charge in [-0.25, -0.2) is 17.9 Å². The molecule has 5 N–H and O–H groups in total. The number of aliphatic hydroxyl groups excluding tert-OH is 1. The van der Waals surface area contributed by atoms with E-state index in [-0.39, 0.29) is 109 Å². The van der Waals surface area contributed by atoms with Gasteiger partial charge < -0.3 is 45.5 Å². The molecule has 2 bridgehead atoms. The number of nitriles is 1. The molecule has 0 aliphatic carbocycles. The van der Waals surface area contributed by atoms with Crippen LogP contribution in [0.15, 0.2) is 91.1 Å². The lowest BCUT2D eigenvalue weighted by Crippen LogP contribution is -2.67. The van der Waals surface area contributed by atoms with Crippen LogP contribution in [0.3, 0.4) is 0 Å². The number of piperazine rings is 1. The number of carbonyl (C=O) groups is 2. The molecule has 84 heavy (non-hydrogen) atoms. The maximum Gasteiger partial charge on any atom is 0.417 e. The number of ether oxygens (including phenoxy) is 3. The number of nitrogen functional groups attached to an aromatic ring is 1. The molecule has 2 amide bonds. The number of alkyl halides is 3. The number of anilines is 2. The number of amides is 2. The lowest BCUT2D eigenvalue weighted by molar-refractivity contribution is -0.142. The first-order valence-corrected chi connectivity index (χ1v) is 28.1. The van der Waals surface area contributed by atoms with Crippen LogP contribution in [0.2, 0.25) is 0 Å². The Balaban J connectivity index is 0.880. The Bertz CT molecular complexity index is 3820. The van der Waals surface area contributed by atoms with Gasteiger partial charge in [0.15, 0.2) is 5.75 Å². The highest BCUT2D eigenvalue weighted by molar-refractivity contribution is 7.23. The van der Waals surface area contributed by atoms with E-state index in [2.05, 4.69) is 20.9 Å². The molecule has 4 fully saturated rings. The predicted octanol–water partition coefficient (Wildman–Crippen LogP) is 9.91. The van der Waals surface area contributed by atoms with E-state index in [1.54, 1.807) is 49.5 Å². The number of fused-ring (bicyclic) bond motifs is 4. The van der Waals surface area contributed by atoms with E-state index >= 15 is 17.6 Å². The number of likely N-dealkylation sites (tertiary alicyclic amines) is 1. The van der Waals surface area contributed by atoms with Crippen LogP contribution in [0.5, 0.6) is 11.8 Å². The number of hydrogen-bond acceptors (Lipinski definition) is 15. The summed E-state index contributed by atoms with van der Waals surface area (Å²) in [6, 6.07) is 19.0. The van der Waals surface area contributed by atoms with Gasteiger partial charge in [0.25, 0.3) is 0 Å². The summed E-state index contributed by atoms with van der Waals surface area (Å²) in [4.78, 5) is 41.3. The Labute approximate surface area is 481 Å². The zero-order chi connectivity index (χ0) is 59.3. The van der Waals surface area contributed by atoms with Gasteiger partial charge in [-0.05, 0) is 78.6 Å². The van der Waals surface area contributed by atoms with Gasteiger partial charge in [-0.2, -0.15) is 28.4 Å². The van der Waals surface area contributed by atoms with Gasteiger partial charge >= 0.3 is 12.2 Å². The number of aromatic nitrogens is 5. The Morgan fingerprint density at radius 1 is 0.940 bits per heavy atom. The van der Waals surface area contributed by atoms with Gasteiger partial charge in [0.2, 0.25) is 11.8 Å². The van der Waals surface area contributed by atoms with Crippen molar-refractivity contribution in [3.05, 3.63) is 131 Å².